The van der Waals surface area contributed by atoms with Gasteiger partial charge < -0.3 is 14.8 Å². The molecule has 1 saturated carbocycles. The van der Waals surface area contributed by atoms with Crippen LogP contribution in [0.1, 0.15) is 61.0 Å². The van der Waals surface area contributed by atoms with Crippen LogP contribution in [0, 0.1) is 5.92 Å². The van der Waals surface area contributed by atoms with Crippen LogP contribution in [0.2, 0.25) is 0 Å². The number of ether oxygens (including phenoxy) is 2. The van der Waals surface area contributed by atoms with Gasteiger partial charge in [-0.25, -0.2) is 4.98 Å². The molecule has 2 aromatic rings. The molecule has 2 heterocycles. The predicted octanol–water partition coefficient (Wildman–Crippen LogP) is 4.57. The average Bonchev–Trinajstić information content (AvgIpc) is 2.77. The molecule has 3 rings (SSSR count). The molecule has 0 saturated heterocycles. The third-order valence-corrected chi connectivity index (χ3v) is 5.70. The maximum atomic E-state index is 12.6. The minimum absolute atomic E-state index is 0.0713. The first-order valence-electron chi connectivity index (χ1n) is 10.2. The van der Waals surface area contributed by atoms with Crippen LogP contribution in [0.15, 0.2) is 36.7 Å². The normalized spacial score (nSPS) is 19.9. The van der Waals surface area contributed by atoms with Crippen molar-refractivity contribution in [3.8, 4) is 11.6 Å². The molecule has 2 aromatic heterocycles. The lowest BCUT2D eigenvalue weighted by atomic mass is 9.76. The summed E-state index contributed by atoms with van der Waals surface area (Å²) < 4.78 is 34.4. The van der Waals surface area contributed by atoms with E-state index in [0.29, 0.717) is 17.4 Å². The summed E-state index contributed by atoms with van der Waals surface area (Å²) in [5.74, 6) is 1.04. The molecule has 8 heteroatoms. The summed E-state index contributed by atoms with van der Waals surface area (Å²) in [6.07, 6.45) is 7.52. The number of carbonyl (C=O) groups excluding carboxylic acids is 1. The first-order valence-corrected chi connectivity index (χ1v) is 10.2. The van der Waals surface area contributed by atoms with Crippen LogP contribution < -0.4 is 14.8 Å². The van der Waals surface area contributed by atoms with E-state index in [9.17, 15) is 13.6 Å². The number of hydrogen-bond donors (Lipinski definition) is 1. The molecule has 1 amide bonds. The first-order chi connectivity index (χ1) is 14.5. The van der Waals surface area contributed by atoms with Crippen molar-refractivity contribution in [2.45, 2.75) is 57.6 Å². The second-order valence-corrected chi connectivity index (χ2v) is 7.48. The second-order valence-electron chi connectivity index (χ2n) is 7.48. The molecular weight excluding hydrogens is 392 g/mol. The Bertz CT molecular complexity index is 825. The Morgan fingerprint density at radius 2 is 1.97 bits per heavy atom. The fraction of sp³-hybridized carbons (Fsp3) is 0.500. The van der Waals surface area contributed by atoms with Gasteiger partial charge in [-0.15, -0.1) is 0 Å². The smallest absolute Gasteiger partial charge is 0.387 e. The summed E-state index contributed by atoms with van der Waals surface area (Å²) in [6, 6.07) is 6.48. The van der Waals surface area contributed by atoms with Gasteiger partial charge in [-0.05, 0) is 50.2 Å². The molecule has 0 radical (unpaired) electrons. The minimum Gasteiger partial charge on any atom is -0.481 e. The van der Waals surface area contributed by atoms with Gasteiger partial charge in [0.2, 0.25) is 5.88 Å². The highest BCUT2D eigenvalue weighted by Crippen LogP contribution is 2.37. The molecule has 1 aliphatic rings. The molecule has 30 heavy (non-hydrogen) atoms. The van der Waals surface area contributed by atoms with E-state index in [4.69, 9.17) is 4.74 Å². The van der Waals surface area contributed by atoms with Crippen molar-refractivity contribution in [2.75, 3.05) is 7.11 Å². The van der Waals surface area contributed by atoms with Gasteiger partial charge in [0.1, 0.15) is 5.75 Å². The molecular formula is C22H27F2N3O3. The van der Waals surface area contributed by atoms with Gasteiger partial charge in [0.05, 0.1) is 12.7 Å². The van der Waals surface area contributed by atoms with Crippen molar-refractivity contribution < 1.29 is 23.0 Å². The third kappa shape index (κ3) is 5.64. The van der Waals surface area contributed by atoms with Crippen LogP contribution >= 0.6 is 0 Å². The fourth-order valence-corrected chi connectivity index (χ4v) is 4.09. The highest BCUT2D eigenvalue weighted by Gasteiger charge is 2.29. The molecule has 162 valence electrons. The van der Waals surface area contributed by atoms with Gasteiger partial charge in [0.15, 0.2) is 0 Å². The summed E-state index contributed by atoms with van der Waals surface area (Å²) in [6.45, 7) is -0.776. The van der Waals surface area contributed by atoms with E-state index in [2.05, 4.69) is 26.9 Å². The highest BCUT2D eigenvalue weighted by molar-refractivity contribution is 5.94. The SMILES string of the molecule is CC[C@H](NC(=O)c1ccc(OC)nc1)[C@H]1CC[C@H](c2cc(OC(F)F)ccn2)CC1. The number of alkyl halides is 2. The van der Waals surface area contributed by atoms with Gasteiger partial charge in [-0.3, -0.25) is 9.78 Å². The number of halogens is 2. The van der Waals surface area contributed by atoms with Gasteiger partial charge in [-0.1, -0.05) is 6.92 Å². The molecule has 1 N–H and O–H groups in total. The number of aromatic nitrogens is 2. The first kappa shape index (κ1) is 21.9. The summed E-state index contributed by atoms with van der Waals surface area (Å²) in [5, 5.41) is 3.14. The summed E-state index contributed by atoms with van der Waals surface area (Å²) in [5.41, 5.74) is 1.29. The zero-order valence-corrected chi connectivity index (χ0v) is 17.2. The van der Waals surface area contributed by atoms with Crippen molar-refractivity contribution >= 4 is 5.91 Å². The standard InChI is InChI=1S/C22H27F2N3O3/c1-3-18(27-21(28)16-8-9-20(29-2)26-13-16)14-4-6-15(7-5-14)19-12-17(10-11-25-19)30-22(23)24/h8-15,18,22H,3-7H2,1-2H3,(H,27,28)/t14-,15-,18-/m0/s1. The monoisotopic (exact) mass is 419 g/mol. The number of rotatable bonds is 8. The maximum Gasteiger partial charge on any atom is 0.387 e. The van der Waals surface area contributed by atoms with Gasteiger partial charge in [0.25, 0.3) is 5.91 Å². The Balaban J connectivity index is 1.56. The van der Waals surface area contributed by atoms with Crippen LogP contribution in [0.5, 0.6) is 11.6 Å². The Morgan fingerprint density at radius 3 is 2.57 bits per heavy atom. The van der Waals surface area contributed by atoms with Gasteiger partial charge >= 0.3 is 6.61 Å². The van der Waals surface area contributed by atoms with E-state index in [1.807, 2.05) is 0 Å². The van der Waals surface area contributed by atoms with E-state index in [1.165, 1.54) is 25.6 Å². The summed E-state index contributed by atoms with van der Waals surface area (Å²) in [7, 11) is 1.53. The van der Waals surface area contributed by atoms with Crippen LogP contribution in [0.3, 0.4) is 0 Å². The Hall–Kier alpha value is -2.77. The van der Waals surface area contributed by atoms with Crippen LogP contribution in [-0.2, 0) is 0 Å². The van der Waals surface area contributed by atoms with Crippen molar-refractivity contribution in [3.63, 3.8) is 0 Å². The molecule has 1 aliphatic carbocycles. The fourth-order valence-electron chi connectivity index (χ4n) is 4.09. The molecule has 0 spiro atoms. The molecule has 6 nitrogen and oxygen atoms in total. The summed E-state index contributed by atoms with van der Waals surface area (Å²) >= 11 is 0. The number of methoxy groups -OCH3 is 1. The topological polar surface area (TPSA) is 73.3 Å². The molecule has 1 fully saturated rings. The number of carbonyl (C=O) groups is 1. The average molecular weight is 419 g/mol. The molecule has 0 aliphatic heterocycles. The molecule has 0 aromatic carbocycles. The second kappa shape index (κ2) is 10.3. The Labute approximate surface area is 175 Å². The van der Waals surface area contributed by atoms with E-state index < -0.39 is 6.61 Å². The zero-order valence-electron chi connectivity index (χ0n) is 17.2. The molecule has 0 bridgehead atoms. The van der Waals surface area contributed by atoms with Crippen LogP contribution in [-0.4, -0.2) is 35.6 Å². The Kier molecular flexibility index (Phi) is 7.54. The van der Waals surface area contributed by atoms with Crippen LogP contribution in [0.4, 0.5) is 8.78 Å². The summed E-state index contributed by atoms with van der Waals surface area (Å²) in [4.78, 5) is 21.0. The van der Waals surface area contributed by atoms with E-state index in [1.54, 1.807) is 18.2 Å². The number of pyridine rings is 2. The lowest BCUT2D eigenvalue weighted by Crippen LogP contribution is -2.41. The van der Waals surface area contributed by atoms with Crippen LogP contribution in [0.25, 0.3) is 0 Å². The predicted molar refractivity (Wildman–Crippen MR) is 108 cm³/mol. The number of amides is 1. The molecule has 1 atom stereocenters. The van der Waals surface area contributed by atoms with E-state index >= 15 is 0 Å². The van der Waals surface area contributed by atoms with E-state index in [-0.39, 0.29) is 23.6 Å². The zero-order chi connectivity index (χ0) is 21.5. The van der Waals surface area contributed by atoms with Crippen molar-refractivity contribution in [2.24, 2.45) is 5.92 Å². The van der Waals surface area contributed by atoms with Crippen molar-refractivity contribution in [1.82, 2.24) is 15.3 Å². The maximum absolute atomic E-state index is 12.6. The van der Waals surface area contributed by atoms with Gasteiger partial charge in [-0.2, -0.15) is 8.78 Å². The third-order valence-electron chi connectivity index (χ3n) is 5.70. The van der Waals surface area contributed by atoms with E-state index in [0.717, 1.165) is 37.8 Å². The number of nitrogens with one attached hydrogen (secondary N) is 1. The number of nitrogens with zero attached hydrogens (tertiary/aromatic N) is 2. The number of hydrogen-bond acceptors (Lipinski definition) is 5. The van der Waals surface area contributed by atoms with Crippen molar-refractivity contribution in [3.05, 3.63) is 47.9 Å². The lowest BCUT2D eigenvalue weighted by Gasteiger charge is -2.33. The van der Waals surface area contributed by atoms with Crippen molar-refractivity contribution in [1.29, 1.82) is 0 Å². The lowest BCUT2D eigenvalue weighted by molar-refractivity contribution is -0.0499. The minimum atomic E-state index is -2.84. The quantitative estimate of drug-likeness (QED) is 0.679. The molecule has 0 unspecified atom stereocenters. The van der Waals surface area contributed by atoms with Gasteiger partial charge in [0, 0.05) is 42.2 Å². The largest absolute Gasteiger partial charge is 0.481 e. The Morgan fingerprint density at radius 1 is 1.20 bits per heavy atom. The highest BCUT2D eigenvalue weighted by atomic mass is 19.3.